The summed E-state index contributed by atoms with van der Waals surface area (Å²) in [6.07, 6.45) is 0. The van der Waals surface area contributed by atoms with Gasteiger partial charge < -0.3 is 5.32 Å². The Morgan fingerprint density at radius 3 is 2.38 bits per heavy atom. The average molecular weight is 366 g/mol. The molecule has 0 aliphatic carbocycles. The lowest BCUT2D eigenvalue weighted by Crippen LogP contribution is -2.13. The molecule has 0 spiro atoms. The zero-order valence-electron chi connectivity index (χ0n) is 12.7. The van der Waals surface area contributed by atoms with Gasteiger partial charge in [0.25, 0.3) is 5.91 Å². The van der Waals surface area contributed by atoms with Crippen LogP contribution in [0.2, 0.25) is 0 Å². The Balaban J connectivity index is 2.31. The second kappa shape index (κ2) is 6.75. The van der Waals surface area contributed by atoms with Gasteiger partial charge in [-0.2, -0.15) is 0 Å². The summed E-state index contributed by atoms with van der Waals surface area (Å²) in [6.45, 7) is 8.66. The van der Waals surface area contributed by atoms with E-state index in [1.54, 1.807) is 0 Å². The molecular weight excluding hydrogens is 346 g/mol. The zero-order valence-corrected chi connectivity index (χ0v) is 15.1. The minimum atomic E-state index is -0.0592. The third-order valence-electron chi connectivity index (χ3n) is 3.44. The van der Waals surface area contributed by atoms with Crippen molar-refractivity contribution >= 4 is 38.9 Å². The van der Waals surface area contributed by atoms with Crippen molar-refractivity contribution in [1.82, 2.24) is 0 Å². The van der Waals surface area contributed by atoms with E-state index in [9.17, 15) is 4.79 Å². The molecule has 2 nitrogen and oxygen atoms in total. The van der Waals surface area contributed by atoms with E-state index >= 15 is 0 Å². The summed E-state index contributed by atoms with van der Waals surface area (Å²) in [4.78, 5) is 13.1. The van der Waals surface area contributed by atoms with Crippen LogP contribution in [0.4, 0.5) is 5.69 Å². The first-order valence-electron chi connectivity index (χ1n) is 7.08. The van der Waals surface area contributed by atoms with Crippen molar-refractivity contribution in [3.63, 3.8) is 0 Å². The second-order valence-electron chi connectivity index (χ2n) is 5.71. The van der Waals surface area contributed by atoms with Crippen LogP contribution >= 0.6 is 27.3 Å². The highest BCUT2D eigenvalue weighted by Gasteiger charge is 2.15. The second-order valence-corrected chi connectivity index (χ2v) is 7.48. The van der Waals surface area contributed by atoms with Gasteiger partial charge in [0.15, 0.2) is 0 Å². The predicted molar refractivity (Wildman–Crippen MR) is 94.6 cm³/mol. The van der Waals surface area contributed by atoms with E-state index in [-0.39, 0.29) is 5.91 Å². The van der Waals surface area contributed by atoms with E-state index < -0.39 is 0 Å². The van der Waals surface area contributed by atoms with Crippen molar-refractivity contribution in [2.75, 3.05) is 5.32 Å². The number of nitrogens with one attached hydrogen (secondary N) is 1. The van der Waals surface area contributed by atoms with Crippen molar-refractivity contribution in [2.45, 2.75) is 39.5 Å². The van der Waals surface area contributed by atoms with Crippen LogP contribution in [0.1, 0.15) is 60.3 Å². The monoisotopic (exact) mass is 365 g/mol. The summed E-state index contributed by atoms with van der Waals surface area (Å²) in [6, 6.07) is 8.21. The molecule has 0 bridgehead atoms. The van der Waals surface area contributed by atoms with Crippen LogP contribution in [0.25, 0.3) is 0 Å². The molecule has 1 heterocycles. The molecule has 21 heavy (non-hydrogen) atoms. The number of amides is 1. The molecule has 0 aliphatic rings. The Hall–Kier alpha value is -1.13. The Kier molecular flexibility index (Phi) is 5.22. The SMILES string of the molecule is CC(C)c1ccc(NC(=O)c2sccc2Br)c(C(C)C)c1. The fourth-order valence-electron chi connectivity index (χ4n) is 2.17. The number of carbonyl (C=O) groups is 1. The van der Waals surface area contributed by atoms with Crippen LogP contribution in [0, 0.1) is 0 Å². The van der Waals surface area contributed by atoms with E-state index in [0.29, 0.717) is 16.7 Å². The summed E-state index contributed by atoms with van der Waals surface area (Å²) in [5, 5.41) is 4.95. The van der Waals surface area contributed by atoms with Gasteiger partial charge in [-0.3, -0.25) is 4.79 Å². The summed E-state index contributed by atoms with van der Waals surface area (Å²) in [5.41, 5.74) is 3.39. The lowest BCUT2D eigenvalue weighted by atomic mass is 9.94. The van der Waals surface area contributed by atoms with Gasteiger partial charge >= 0.3 is 0 Å². The van der Waals surface area contributed by atoms with Crippen LogP contribution < -0.4 is 5.32 Å². The molecule has 1 N–H and O–H groups in total. The fraction of sp³-hybridized carbons (Fsp3) is 0.353. The topological polar surface area (TPSA) is 29.1 Å². The lowest BCUT2D eigenvalue weighted by molar-refractivity contribution is 0.103. The molecule has 1 aromatic heterocycles. The fourth-order valence-corrected chi connectivity index (χ4v) is 3.61. The van der Waals surface area contributed by atoms with Crippen LogP contribution in [0.15, 0.2) is 34.1 Å². The first kappa shape index (κ1) is 16.2. The van der Waals surface area contributed by atoms with Gasteiger partial charge in [-0.1, -0.05) is 39.8 Å². The average Bonchev–Trinajstić information content (AvgIpc) is 2.85. The number of hydrogen-bond donors (Lipinski definition) is 1. The number of anilines is 1. The highest BCUT2D eigenvalue weighted by Crippen LogP contribution is 2.30. The molecule has 4 heteroatoms. The molecule has 0 fully saturated rings. The Bertz CT molecular complexity index is 646. The Morgan fingerprint density at radius 2 is 1.86 bits per heavy atom. The zero-order chi connectivity index (χ0) is 15.6. The molecule has 112 valence electrons. The van der Waals surface area contributed by atoms with E-state index in [2.05, 4.69) is 61.1 Å². The van der Waals surface area contributed by atoms with E-state index in [0.717, 1.165) is 10.2 Å². The summed E-state index contributed by atoms with van der Waals surface area (Å²) in [5.74, 6) is 0.792. The van der Waals surface area contributed by atoms with Crippen LogP contribution in [-0.2, 0) is 0 Å². The maximum Gasteiger partial charge on any atom is 0.266 e. The maximum absolute atomic E-state index is 12.4. The molecular formula is C17H20BrNOS. The minimum absolute atomic E-state index is 0.0592. The standard InChI is InChI=1S/C17H20BrNOS/c1-10(2)12-5-6-15(13(9-12)11(3)4)19-17(20)16-14(18)7-8-21-16/h5-11H,1-4H3,(H,19,20). The molecule has 1 amide bonds. The first-order chi connectivity index (χ1) is 9.90. The molecule has 0 saturated carbocycles. The largest absolute Gasteiger partial charge is 0.321 e. The van der Waals surface area contributed by atoms with Gasteiger partial charge in [0.2, 0.25) is 0 Å². The van der Waals surface area contributed by atoms with Gasteiger partial charge in [0.05, 0.1) is 0 Å². The number of halogens is 1. The first-order valence-corrected chi connectivity index (χ1v) is 8.75. The normalized spacial score (nSPS) is 11.2. The number of hydrogen-bond acceptors (Lipinski definition) is 2. The van der Waals surface area contributed by atoms with Gasteiger partial charge in [0, 0.05) is 10.2 Å². The Labute approximate surface area is 138 Å². The highest BCUT2D eigenvalue weighted by molar-refractivity contribution is 9.10. The van der Waals surface area contributed by atoms with Crippen molar-refractivity contribution in [3.05, 3.63) is 50.1 Å². The van der Waals surface area contributed by atoms with Crippen LogP contribution in [0.5, 0.6) is 0 Å². The smallest absolute Gasteiger partial charge is 0.266 e. The van der Waals surface area contributed by atoms with Crippen molar-refractivity contribution in [3.8, 4) is 0 Å². The summed E-state index contributed by atoms with van der Waals surface area (Å²) < 4.78 is 0.842. The quantitative estimate of drug-likeness (QED) is 0.705. The summed E-state index contributed by atoms with van der Waals surface area (Å²) in [7, 11) is 0. The van der Waals surface area contributed by atoms with Gasteiger partial charge in [-0.25, -0.2) is 0 Å². The van der Waals surface area contributed by atoms with E-state index in [1.807, 2.05) is 17.5 Å². The third-order valence-corrected chi connectivity index (χ3v) is 5.27. The van der Waals surface area contributed by atoms with Gasteiger partial charge in [0.1, 0.15) is 4.88 Å². The van der Waals surface area contributed by atoms with Crippen molar-refractivity contribution in [2.24, 2.45) is 0 Å². The molecule has 0 aliphatic heterocycles. The van der Waals surface area contributed by atoms with E-state index in [1.165, 1.54) is 22.5 Å². The predicted octanol–water partition coefficient (Wildman–Crippen LogP) is 6.01. The minimum Gasteiger partial charge on any atom is -0.321 e. The van der Waals surface area contributed by atoms with Crippen molar-refractivity contribution in [1.29, 1.82) is 0 Å². The third kappa shape index (κ3) is 3.74. The van der Waals surface area contributed by atoms with E-state index in [4.69, 9.17) is 0 Å². The number of carbonyl (C=O) groups excluding carboxylic acids is 1. The van der Waals surface area contributed by atoms with Crippen LogP contribution in [0.3, 0.4) is 0 Å². The molecule has 0 radical (unpaired) electrons. The maximum atomic E-state index is 12.4. The van der Waals surface area contributed by atoms with Crippen molar-refractivity contribution < 1.29 is 4.79 Å². The number of thiophene rings is 1. The molecule has 2 aromatic rings. The van der Waals surface area contributed by atoms with Crippen LogP contribution in [-0.4, -0.2) is 5.91 Å². The number of rotatable bonds is 4. The highest BCUT2D eigenvalue weighted by atomic mass is 79.9. The summed E-state index contributed by atoms with van der Waals surface area (Å²) >= 11 is 4.85. The Morgan fingerprint density at radius 1 is 1.14 bits per heavy atom. The molecule has 0 atom stereocenters. The molecule has 2 rings (SSSR count). The molecule has 0 unspecified atom stereocenters. The van der Waals surface area contributed by atoms with Gasteiger partial charge in [-0.05, 0) is 56.4 Å². The number of benzene rings is 1. The molecule has 1 aromatic carbocycles. The lowest BCUT2D eigenvalue weighted by Gasteiger charge is -2.17. The molecule has 0 saturated heterocycles. The van der Waals surface area contributed by atoms with Gasteiger partial charge in [-0.15, -0.1) is 11.3 Å².